The molecule has 6 heteroatoms. The third kappa shape index (κ3) is 2.80. The lowest BCUT2D eigenvalue weighted by Gasteiger charge is -2.12. The van der Waals surface area contributed by atoms with Gasteiger partial charge < -0.3 is 9.47 Å². The summed E-state index contributed by atoms with van der Waals surface area (Å²) in [5, 5.41) is 0. The van der Waals surface area contributed by atoms with Crippen molar-refractivity contribution in [1.82, 2.24) is 0 Å². The van der Waals surface area contributed by atoms with Crippen molar-refractivity contribution in [2.45, 2.75) is 6.36 Å². The summed E-state index contributed by atoms with van der Waals surface area (Å²) in [6, 6.07) is 4.16. The van der Waals surface area contributed by atoms with Gasteiger partial charge >= 0.3 is 6.36 Å². The van der Waals surface area contributed by atoms with Gasteiger partial charge in [-0.25, -0.2) is 0 Å². The number of hydrogen-bond donors (Lipinski definition) is 0. The van der Waals surface area contributed by atoms with Gasteiger partial charge in [0.1, 0.15) is 0 Å². The summed E-state index contributed by atoms with van der Waals surface area (Å²) in [5.41, 5.74) is 0. The van der Waals surface area contributed by atoms with E-state index >= 15 is 0 Å². The van der Waals surface area contributed by atoms with Gasteiger partial charge in [-0.1, -0.05) is 6.07 Å². The second kappa shape index (κ2) is 4.08. The molecule has 1 aromatic rings. The molecule has 0 saturated carbocycles. The minimum absolute atomic E-state index is 0.0184. The molecule has 0 heterocycles. The van der Waals surface area contributed by atoms with Crippen molar-refractivity contribution in [1.29, 1.82) is 0 Å². The highest BCUT2D eigenvalue weighted by atomic mass is 79.9. The molecule has 0 aliphatic heterocycles. The first kappa shape index (κ1) is 11.2. The Morgan fingerprint density at radius 1 is 1.29 bits per heavy atom. The monoisotopic (exact) mass is 270 g/mol. The van der Waals surface area contributed by atoms with E-state index in [-0.39, 0.29) is 11.5 Å². The second-order valence-electron chi connectivity index (χ2n) is 2.32. The van der Waals surface area contributed by atoms with Crippen molar-refractivity contribution >= 4 is 15.9 Å². The number of benzene rings is 1. The second-order valence-corrected chi connectivity index (χ2v) is 3.17. The molecule has 1 aromatic carbocycles. The third-order valence-electron chi connectivity index (χ3n) is 1.36. The van der Waals surface area contributed by atoms with Gasteiger partial charge in [0.05, 0.1) is 11.6 Å². The third-order valence-corrected chi connectivity index (χ3v) is 1.99. The topological polar surface area (TPSA) is 18.5 Å². The zero-order valence-electron chi connectivity index (χ0n) is 7.06. The Bertz CT molecular complexity index is 325. The maximum Gasteiger partial charge on any atom is 0.573 e. The van der Waals surface area contributed by atoms with Gasteiger partial charge in [0.15, 0.2) is 11.5 Å². The van der Waals surface area contributed by atoms with Crippen LogP contribution in [0, 0.1) is 0 Å². The van der Waals surface area contributed by atoms with Crippen LogP contribution < -0.4 is 9.47 Å². The van der Waals surface area contributed by atoms with E-state index in [4.69, 9.17) is 4.74 Å². The minimum Gasteiger partial charge on any atom is -0.492 e. The van der Waals surface area contributed by atoms with Gasteiger partial charge in [-0.3, -0.25) is 0 Å². The van der Waals surface area contributed by atoms with Crippen LogP contribution in [0.2, 0.25) is 0 Å². The summed E-state index contributed by atoms with van der Waals surface area (Å²) in [4.78, 5) is 0. The molecule has 0 aromatic heterocycles. The van der Waals surface area contributed by atoms with Gasteiger partial charge in [0.25, 0.3) is 0 Å². The highest BCUT2D eigenvalue weighted by molar-refractivity contribution is 9.10. The number of methoxy groups -OCH3 is 1. The molecule has 14 heavy (non-hydrogen) atoms. The fourth-order valence-electron chi connectivity index (χ4n) is 0.892. The van der Waals surface area contributed by atoms with E-state index in [1.165, 1.54) is 19.2 Å². The SMILES string of the molecule is COc1c(Br)cccc1OC(F)(F)F. The molecule has 2 nitrogen and oxygen atoms in total. The van der Waals surface area contributed by atoms with Gasteiger partial charge in [0.2, 0.25) is 0 Å². The average molecular weight is 271 g/mol. The van der Waals surface area contributed by atoms with Crippen molar-refractivity contribution < 1.29 is 22.6 Å². The molecule has 0 atom stereocenters. The molecule has 1 rings (SSSR count). The molecule has 0 N–H and O–H groups in total. The fraction of sp³-hybridized carbons (Fsp3) is 0.250. The van der Waals surface area contributed by atoms with Crippen molar-refractivity contribution in [3.63, 3.8) is 0 Å². The molecule has 0 aliphatic carbocycles. The van der Waals surface area contributed by atoms with E-state index < -0.39 is 6.36 Å². The van der Waals surface area contributed by atoms with Gasteiger partial charge in [-0.2, -0.15) is 0 Å². The van der Waals surface area contributed by atoms with Crippen LogP contribution in [-0.2, 0) is 0 Å². The number of hydrogen-bond acceptors (Lipinski definition) is 2. The largest absolute Gasteiger partial charge is 0.573 e. The van der Waals surface area contributed by atoms with Crippen molar-refractivity contribution in [3.8, 4) is 11.5 Å². The molecule has 0 radical (unpaired) electrons. The molecule has 0 aliphatic rings. The molecule has 0 bridgehead atoms. The Hall–Kier alpha value is -0.910. The number of halogens is 4. The molecule has 0 fully saturated rings. The van der Waals surface area contributed by atoms with Crippen LogP contribution in [-0.4, -0.2) is 13.5 Å². The minimum atomic E-state index is -4.71. The van der Waals surface area contributed by atoms with Crippen molar-refractivity contribution in [2.75, 3.05) is 7.11 Å². The summed E-state index contributed by atoms with van der Waals surface area (Å²) in [5.74, 6) is -0.348. The van der Waals surface area contributed by atoms with E-state index in [9.17, 15) is 13.2 Å². The van der Waals surface area contributed by atoms with Crippen molar-refractivity contribution in [2.24, 2.45) is 0 Å². The zero-order chi connectivity index (χ0) is 10.8. The number of rotatable bonds is 2. The lowest BCUT2D eigenvalue weighted by atomic mass is 10.3. The van der Waals surface area contributed by atoms with Gasteiger partial charge in [0, 0.05) is 0 Å². The number of ether oxygens (including phenoxy) is 2. The summed E-state index contributed by atoms with van der Waals surface area (Å²) < 4.78 is 44.6. The Labute approximate surface area is 86.8 Å². The quantitative estimate of drug-likeness (QED) is 0.821. The molecule has 78 valence electrons. The van der Waals surface area contributed by atoms with E-state index in [1.807, 2.05) is 0 Å². The van der Waals surface area contributed by atoms with Gasteiger partial charge in [-0.15, -0.1) is 13.2 Å². The summed E-state index contributed by atoms with van der Waals surface area (Å²) in [7, 11) is 1.27. The Balaban J connectivity index is 3.02. The Morgan fingerprint density at radius 3 is 2.43 bits per heavy atom. The standard InChI is InChI=1S/C8H6BrF3O2/c1-13-7-5(9)3-2-4-6(7)14-8(10,11)12/h2-4H,1H3. The molecule has 0 spiro atoms. The van der Waals surface area contributed by atoms with Crippen LogP contribution in [0.15, 0.2) is 22.7 Å². The molecule has 0 unspecified atom stereocenters. The summed E-state index contributed by atoms with van der Waals surface area (Å²) in [6.07, 6.45) is -4.71. The first-order valence-electron chi connectivity index (χ1n) is 3.52. The van der Waals surface area contributed by atoms with E-state index in [0.29, 0.717) is 4.47 Å². The van der Waals surface area contributed by atoms with Crippen molar-refractivity contribution in [3.05, 3.63) is 22.7 Å². The normalized spacial score (nSPS) is 11.2. The Kier molecular flexibility index (Phi) is 3.25. The highest BCUT2D eigenvalue weighted by Crippen LogP contribution is 2.37. The molecular formula is C8H6BrF3O2. The van der Waals surface area contributed by atoms with E-state index in [0.717, 1.165) is 0 Å². The van der Waals surface area contributed by atoms with E-state index in [2.05, 4.69) is 20.7 Å². The maximum atomic E-state index is 11.9. The first-order chi connectivity index (χ1) is 6.44. The maximum absolute atomic E-state index is 11.9. The lowest BCUT2D eigenvalue weighted by molar-refractivity contribution is -0.275. The fourth-order valence-corrected chi connectivity index (χ4v) is 1.40. The van der Waals surface area contributed by atoms with Crippen LogP contribution in [0.1, 0.15) is 0 Å². The number of para-hydroxylation sites is 1. The summed E-state index contributed by atoms with van der Waals surface area (Å²) >= 11 is 3.04. The molecule has 0 amide bonds. The zero-order valence-corrected chi connectivity index (χ0v) is 8.65. The molecule has 0 saturated heterocycles. The predicted molar refractivity (Wildman–Crippen MR) is 47.4 cm³/mol. The van der Waals surface area contributed by atoms with Crippen LogP contribution in [0.3, 0.4) is 0 Å². The summed E-state index contributed by atoms with van der Waals surface area (Å²) in [6.45, 7) is 0. The highest BCUT2D eigenvalue weighted by Gasteiger charge is 2.32. The average Bonchev–Trinajstić information content (AvgIpc) is 2.01. The Morgan fingerprint density at radius 2 is 1.93 bits per heavy atom. The predicted octanol–water partition coefficient (Wildman–Crippen LogP) is 3.36. The van der Waals surface area contributed by atoms with Crippen LogP contribution in [0.25, 0.3) is 0 Å². The van der Waals surface area contributed by atoms with Crippen LogP contribution in [0.4, 0.5) is 13.2 Å². The van der Waals surface area contributed by atoms with E-state index in [1.54, 1.807) is 6.07 Å². The van der Waals surface area contributed by atoms with Crippen LogP contribution in [0.5, 0.6) is 11.5 Å². The van der Waals surface area contributed by atoms with Crippen LogP contribution >= 0.6 is 15.9 Å². The number of alkyl halides is 3. The molecular weight excluding hydrogens is 265 g/mol. The van der Waals surface area contributed by atoms with Gasteiger partial charge in [-0.05, 0) is 28.1 Å². The lowest BCUT2D eigenvalue weighted by Crippen LogP contribution is -2.17. The first-order valence-corrected chi connectivity index (χ1v) is 4.31. The smallest absolute Gasteiger partial charge is 0.492 e.